The predicted molar refractivity (Wildman–Crippen MR) is 72.3 cm³/mol. The minimum atomic E-state index is -0.0109. The van der Waals surface area contributed by atoms with E-state index >= 15 is 0 Å². The van der Waals surface area contributed by atoms with E-state index < -0.39 is 0 Å². The molecule has 0 unspecified atom stereocenters. The van der Waals surface area contributed by atoms with Gasteiger partial charge >= 0.3 is 0 Å². The Hall–Kier alpha value is -1.09. The maximum Gasteiger partial charge on any atom is 0.252 e. The summed E-state index contributed by atoms with van der Waals surface area (Å²) in [5.41, 5.74) is 1.80. The first kappa shape index (κ1) is 14.0. The van der Waals surface area contributed by atoms with E-state index in [-0.39, 0.29) is 11.0 Å². The van der Waals surface area contributed by atoms with Gasteiger partial charge in [0.1, 0.15) is 0 Å². The summed E-state index contributed by atoms with van der Waals surface area (Å²) in [6.45, 7) is 12.1. The van der Waals surface area contributed by atoms with Gasteiger partial charge < -0.3 is 10.3 Å². The van der Waals surface area contributed by atoms with Gasteiger partial charge in [0.05, 0.1) is 0 Å². The molecule has 3 nitrogen and oxygen atoms in total. The molecule has 96 valence electrons. The molecular weight excluding hydrogens is 212 g/mol. The lowest BCUT2D eigenvalue weighted by molar-refractivity contribution is 0.546. The third-order valence-corrected chi connectivity index (χ3v) is 2.67. The fourth-order valence-electron chi connectivity index (χ4n) is 1.58. The topological polar surface area (TPSA) is 44.9 Å². The molecule has 0 fully saturated rings. The fraction of sp³-hybridized carbons (Fsp3) is 0.643. The first-order valence-electron chi connectivity index (χ1n) is 6.24. The van der Waals surface area contributed by atoms with Crippen molar-refractivity contribution < 1.29 is 0 Å². The summed E-state index contributed by atoms with van der Waals surface area (Å²) >= 11 is 0. The molecule has 0 radical (unpaired) electrons. The van der Waals surface area contributed by atoms with Crippen molar-refractivity contribution in [2.45, 2.75) is 46.6 Å². The number of aromatic amines is 1. The highest BCUT2D eigenvalue weighted by Gasteiger charge is 2.15. The van der Waals surface area contributed by atoms with Gasteiger partial charge in [-0.3, -0.25) is 4.79 Å². The van der Waals surface area contributed by atoms with Crippen LogP contribution in [0, 0.1) is 5.92 Å². The van der Waals surface area contributed by atoms with Crippen LogP contribution < -0.4 is 10.9 Å². The van der Waals surface area contributed by atoms with Gasteiger partial charge in [-0.15, -0.1) is 0 Å². The summed E-state index contributed by atoms with van der Waals surface area (Å²) < 4.78 is 0. The van der Waals surface area contributed by atoms with Crippen molar-refractivity contribution in [3.8, 4) is 0 Å². The second-order valence-electron chi connectivity index (χ2n) is 6.00. The van der Waals surface area contributed by atoms with E-state index in [4.69, 9.17) is 0 Å². The van der Waals surface area contributed by atoms with Gasteiger partial charge in [0.25, 0.3) is 5.56 Å². The van der Waals surface area contributed by atoms with Gasteiger partial charge in [0, 0.05) is 23.2 Å². The molecule has 1 rings (SSSR count). The quantitative estimate of drug-likeness (QED) is 0.843. The molecule has 17 heavy (non-hydrogen) atoms. The normalized spacial score (nSPS) is 12.1. The Morgan fingerprint density at radius 3 is 2.41 bits per heavy atom. The summed E-state index contributed by atoms with van der Waals surface area (Å²) in [4.78, 5) is 14.8. The molecule has 0 bridgehead atoms. The lowest BCUT2D eigenvalue weighted by atomic mass is 9.91. The predicted octanol–water partition coefficient (Wildman–Crippen LogP) is 2.42. The largest absolute Gasteiger partial charge is 0.325 e. The van der Waals surface area contributed by atoms with E-state index in [2.05, 4.69) is 44.9 Å². The first-order chi connectivity index (χ1) is 7.80. The van der Waals surface area contributed by atoms with Crippen molar-refractivity contribution in [1.82, 2.24) is 10.3 Å². The lowest BCUT2D eigenvalue weighted by Crippen LogP contribution is -2.26. The van der Waals surface area contributed by atoms with Gasteiger partial charge in [-0.25, -0.2) is 0 Å². The molecule has 3 heteroatoms. The van der Waals surface area contributed by atoms with Crippen LogP contribution in [0.4, 0.5) is 0 Å². The molecule has 0 aliphatic carbocycles. The number of pyridine rings is 1. The van der Waals surface area contributed by atoms with E-state index in [1.165, 1.54) is 0 Å². The Bertz CT molecular complexity index is 413. The second-order valence-corrected chi connectivity index (χ2v) is 6.00. The van der Waals surface area contributed by atoms with E-state index in [1.807, 2.05) is 12.1 Å². The molecule has 0 amide bonds. The molecule has 0 saturated heterocycles. The Kier molecular flexibility index (Phi) is 4.52. The third-order valence-electron chi connectivity index (χ3n) is 2.67. The van der Waals surface area contributed by atoms with Crippen molar-refractivity contribution in [2.24, 2.45) is 5.92 Å². The van der Waals surface area contributed by atoms with Crippen LogP contribution in [0.25, 0.3) is 0 Å². The summed E-state index contributed by atoms with van der Waals surface area (Å²) in [7, 11) is 0. The van der Waals surface area contributed by atoms with Gasteiger partial charge in [0.15, 0.2) is 0 Å². The number of nitrogens with one attached hydrogen (secondary N) is 2. The minimum absolute atomic E-state index is 0.0109. The van der Waals surface area contributed by atoms with Crippen LogP contribution in [-0.2, 0) is 12.0 Å². The van der Waals surface area contributed by atoms with E-state index in [0.717, 1.165) is 17.8 Å². The SMILES string of the molecule is CC(C)CNCc1ccc(C(C)(C)C)[nH]c1=O. The minimum Gasteiger partial charge on any atom is -0.325 e. The van der Waals surface area contributed by atoms with E-state index in [9.17, 15) is 4.79 Å². The van der Waals surface area contributed by atoms with E-state index in [0.29, 0.717) is 12.5 Å². The number of hydrogen-bond acceptors (Lipinski definition) is 2. The van der Waals surface area contributed by atoms with Gasteiger partial charge in [0.2, 0.25) is 0 Å². The summed E-state index contributed by atoms with van der Waals surface area (Å²) in [5.74, 6) is 0.600. The van der Waals surface area contributed by atoms with Crippen LogP contribution >= 0.6 is 0 Å². The Balaban J connectivity index is 2.74. The smallest absolute Gasteiger partial charge is 0.252 e. The number of hydrogen-bond donors (Lipinski definition) is 2. The summed E-state index contributed by atoms with van der Waals surface area (Å²) in [5, 5.41) is 3.28. The second kappa shape index (κ2) is 5.50. The number of aromatic nitrogens is 1. The summed E-state index contributed by atoms with van der Waals surface area (Å²) in [6.07, 6.45) is 0. The first-order valence-corrected chi connectivity index (χ1v) is 6.24. The lowest BCUT2D eigenvalue weighted by Gasteiger charge is -2.18. The Morgan fingerprint density at radius 1 is 1.29 bits per heavy atom. The molecule has 0 atom stereocenters. The average Bonchev–Trinajstić information content (AvgIpc) is 2.18. The van der Waals surface area contributed by atoms with Gasteiger partial charge in [-0.05, 0) is 18.5 Å². The highest BCUT2D eigenvalue weighted by Crippen LogP contribution is 2.18. The van der Waals surface area contributed by atoms with Crippen molar-refractivity contribution in [1.29, 1.82) is 0 Å². The zero-order chi connectivity index (χ0) is 13.1. The number of rotatable bonds is 4. The summed E-state index contributed by atoms with van der Waals surface area (Å²) in [6, 6.07) is 3.93. The molecule has 1 heterocycles. The van der Waals surface area contributed by atoms with Crippen LogP contribution in [0.3, 0.4) is 0 Å². The van der Waals surface area contributed by atoms with Crippen LogP contribution in [0.15, 0.2) is 16.9 Å². The zero-order valence-corrected chi connectivity index (χ0v) is 11.6. The van der Waals surface area contributed by atoms with Crippen molar-refractivity contribution in [2.75, 3.05) is 6.54 Å². The highest BCUT2D eigenvalue weighted by molar-refractivity contribution is 5.19. The molecule has 0 spiro atoms. The number of H-pyrrole nitrogens is 1. The van der Waals surface area contributed by atoms with Crippen molar-refractivity contribution >= 4 is 0 Å². The Labute approximate surface area is 104 Å². The molecular formula is C14H24N2O. The highest BCUT2D eigenvalue weighted by atomic mass is 16.1. The molecule has 0 aliphatic rings. The zero-order valence-electron chi connectivity index (χ0n) is 11.6. The van der Waals surface area contributed by atoms with Crippen LogP contribution in [0.1, 0.15) is 45.9 Å². The van der Waals surface area contributed by atoms with Crippen LogP contribution in [-0.4, -0.2) is 11.5 Å². The van der Waals surface area contributed by atoms with Crippen molar-refractivity contribution in [3.05, 3.63) is 33.7 Å². The van der Waals surface area contributed by atoms with Crippen LogP contribution in [0.5, 0.6) is 0 Å². The Morgan fingerprint density at radius 2 is 1.94 bits per heavy atom. The van der Waals surface area contributed by atoms with Crippen LogP contribution in [0.2, 0.25) is 0 Å². The van der Waals surface area contributed by atoms with Gasteiger partial charge in [-0.1, -0.05) is 40.7 Å². The van der Waals surface area contributed by atoms with Gasteiger partial charge in [-0.2, -0.15) is 0 Å². The molecule has 0 saturated carbocycles. The molecule has 2 N–H and O–H groups in total. The monoisotopic (exact) mass is 236 g/mol. The standard InChI is InChI=1S/C14H24N2O/c1-10(2)8-15-9-11-6-7-12(14(3,4)5)16-13(11)17/h6-7,10,15H,8-9H2,1-5H3,(H,16,17). The molecule has 1 aromatic heterocycles. The molecule has 0 aromatic carbocycles. The average molecular weight is 236 g/mol. The fourth-order valence-corrected chi connectivity index (χ4v) is 1.58. The third kappa shape index (κ3) is 4.35. The molecule has 0 aliphatic heterocycles. The van der Waals surface area contributed by atoms with Crippen molar-refractivity contribution in [3.63, 3.8) is 0 Å². The van der Waals surface area contributed by atoms with E-state index in [1.54, 1.807) is 0 Å². The molecule has 1 aromatic rings. The maximum absolute atomic E-state index is 11.9. The maximum atomic E-state index is 11.9.